The molecule has 1 aromatic rings. The molecule has 2 N–H and O–H groups in total. The molecular weight excluding hydrogens is 307 g/mol. The van der Waals surface area contributed by atoms with Gasteiger partial charge in [-0.3, -0.25) is 4.79 Å². The van der Waals surface area contributed by atoms with E-state index in [1.165, 1.54) is 0 Å². The molecule has 0 saturated heterocycles. The molecule has 0 aromatic heterocycles. The van der Waals surface area contributed by atoms with E-state index in [9.17, 15) is 4.79 Å². The average Bonchev–Trinajstić information content (AvgIpc) is 2.26. The number of hydrogen-bond acceptors (Lipinski definition) is 2. The summed E-state index contributed by atoms with van der Waals surface area (Å²) < 4.78 is -1.64. The highest BCUT2D eigenvalue weighted by atomic mass is 35.6. The van der Waals surface area contributed by atoms with Crippen LogP contribution in [-0.2, 0) is 4.79 Å². The minimum atomic E-state index is -1.64. The lowest BCUT2D eigenvalue weighted by molar-refractivity contribution is -0.124. The van der Waals surface area contributed by atoms with Crippen LogP contribution >= 0.6 is 34.8 Å². The van der Waals surface area contributed by atoms with Gasteiger partial charge in [0, 0.05) is 11.6 Å². The predicted octanol–water partition coefficient (Wildman–Crippen LogP) is 3.88. The maximum absolute atomic E-state index is 11.7. The summed E-state index contributed by atoms with van der Waals surface area (Å²) in [6.45, 7) is 5.51. The number of halogens is 3. The van der Waals surface area contributed by atoms with Crippen molar-refractivity contribution in [2.45, 2.75) is 30.7 Å². The molecule has 1 aromatic carbocycles. The SMILES string of the molecule is Cc1cccc(NC(NC(=O)C(C)C)C(Cl)(Cl)Cl)c1. The van der Waals surface area contributed by atoms with Gasteiger partial charge in [-0.25, -0.2) is 0 Å². The normalized spacial score (nSPS) is 13.2. The first-order valence-electron chi connectivity index (χ1n) is 5.90. The van der Waals surface area contributed by atoms with Crippen molar-refractivity contribution in [3.63, 3.8) is 0 Å². The first-order valence-corrected chi connectivity index (χ1v) is 7.04. The number of alkyl halides is 3. The lowest BCUT2D eigenvalue weighted by Crippen LogP contribution is -2.50. The summed E-state index contributed by atoms with van der Waals surface area (Å²) in [4.78, 5) is 11.7. The zero-order valence-corrected chi connectivity index (χ0v) is 13.3. The number of hydrogen-bond donors (Lipinski definition) is 2. The van der Waals surface area contributed by atoms with Gasteiger partial charge in [-0.05, 0) is 24.6 Å². The fraction of sp³-hybridized carbons (Fsp3) is 0.462. The summed E-state index contributed by atoms with van der Waals surface area (Å²) in [5.41, 5.74) is 1.85. The second kappa shape index (κ2) is 6.69. The third kappa shape index (κ3) is 5.47. The Hall–Kier alpha value is -0.640. The number of benzene rings is 1. The van der Waals surface area contributed by atoms with Gasteiger partial charge in [0.05, 0.1) is 0 Å². The Balaban J connectivity index is 2.84. The topological polar surface area (TPSA) is 41.1 Å². The first kappa shape index (κ1) is 16.4. The molecule has 0 aliphatic rings. The maximum atomic E-state index is 11.7. The lowest BCUT2D eigenvalue weighted by atomic mass is 10.2. The van der Waals surface area contributed by atoms with E-state index in [0.717, 1.165) is 11.3 Å². The first-order chi connectivity index (χ1) is 8.70. The van der Waals surface area contributed by atoms with Crippen LogP contribution in [-0.4, -0.2) is 15.9 Å². The highest BCUT2D eigenvalue weighted by Crippen LogP contribution is 2.31. The van der Waals surface area contributed by atoms with Crippen molar-refractivity contribution in [1.82, 2.24) is 5.32 Å². The molecule has 1 unspecified atom stereocenters. The summed E-state index contributed by atoms with van der Waals surface area (Å²) >= 11 is 17.7. The van der Waals surface area contributed by atoms with Crippen molar-refractivity contribution in [3.05, 3.63) is 29.8 Å². The molecule has 1 rings (SSSR count). The number of aryl methyl sites for hydroxylation is 1. The van der Waals surface area contributed by atoms with E-state index >= 15 is 0 Å². The van der Waals surface area contributed by atoms with Crippen LogP contribution in [0.1, 0.15) is 19.4 Å². The molecule has 1 atom stereocenters. The van der Waals surface area contributed by atoms with Crippen molar-refractivity contribution < 1.29 is 4.79 Å². The molecule has 6 heteroatoms. The van der Waals surface area contributed by atoms with Gasteiger partial charge < -0.3 is 10.6 Å². The number of carbonyl (C=O) groups is 1. The van der Waals surface area contributed by atoms with E-state index < -0.39 is 9.96 Å². The third-order valence-corrected chi connectivity index (χ3v) is 3.12. The van der Waals surface area contributed by atoms with Crippen LogP contribution in [0.25, 0.3) is 0 Å². The summed E-state index contributed by atoms with van der Waals surface area (Å²) in [5, 5.41) is 5.70. The fourth-order valence-electron chi connectivity index (χ4n) is 1.41. The second-order valence-corrected chi connectivity index (χ2v) is 7.02. The van der Waals surface area contributed by atoms with Gasteiger partial charge in [-0.2, -0.15) is 0 Å². The number of rotatable bonds is 4. The molecule has 3 nitrogen and oxygen atoms in total. The fourth-order valence-corrected chi connectivity index (χ4v) is 1.74. The van der Waals surface area contributed by atoms with Gasteiger partial charge in [0.25, 0.3) is 0 Å². The number of amides is 1. The molecule has 0 radical (unpaired) electrons. The van der Waals surface area contributed by atoms with E-state index in [4.69, 9.17) is 34.8 Å². The summed E-state index contributed by atoms with van der Waals surface area (Å²) in [5.74, 6) is -0.370. The molecular formula is C13H17Cl3N2O. The Morgan fingerprint density at radius 2 is 1.89 bits per heavy atom. The number of carbonyl (C=O) groups excluding carboxylic acids is 1. The third-order valence-electron chi connectivity index (χ3n) is 2.47. The van der Waals surface area contributed by atoms with Crippen molar-refractivity contribution in [1.29, 1.82) is 0 Å². The Kier molecular flexibility index (Phi) is 5.78. The highest BCUT2D eigenvalue weighted by molar-refractivity contribution is 6.68. The molecule has 19 heavy (non-hydrogen) atoms. The standard InChI is InChI=1S/C13H17Cl3N2O/c1-8(2)11(19)18-12(13(14,15)16)17-10-6-4-5-9(3)7-10/h4-8,12,17H,1-3H3,(H,18,19). The van der Waals surface area contributed by atoms with E-state index in [-0.39, 0.29) is 11.8 Å². The van der Waals surface area contributed by atoms with Gasteiger partial charge >= 0.3 is 0 Å². The Morgan fingerprint density at radius 1 is 1.26 bits per heavy atom. The van der Waals surface area contributed by atoms with E-state index in [2.05, 4.69) is 10.6 Å². The largest absolute Gasteiger partial charge is 0.362 e. The molecule has 0 aliphatic carbocycles. The molecule has 0 fully saturated rings. The molecule has 0 heterocycles. The van der Waals surface area contributed by atoms with Crippen LogP contribution in [0.3, 0.4) is 0 Å². The Morgan fingerprint density at radius 3 is 2.37 bits per heavy atom. The minimum absolute atomic E-state index is 0.184. The Labute approximate surface area is 128 Å². The number of nitrogens with one attached hydrogen (secondary N) is 2. The minimum Gasteiger partial charge on any atom is -0.362 e. The van der Waals surface area contributed by atoms with Gasteiger partial charge in [0.2, 0.25) is 9.70 Å². The summed E-state index contributed by atoms with van der Waals surface area (Å²) in [6, 6.07) is 7.60. The van der Waals surface area contributed by atoms with Gasteiger partial charge in [0.1, 0.15) is 6.17 Å². The smallest absolute Gasteiger partial charge is 0.228 e. The molecule has 0 bridgehead atoms. The maximum Gasteiger partial charge on any atom is 0.228 e. The summed E-state index contributed by atoms with van der Waals surface area (Å²) in [6.07, 6.45) is -0.797. The van der Waals surface area contributed by atoms with Crippen LogP contribution in [0, 0.1) is 12.8 Å². The molecule has 0 saturated carbocycles. The highest BCUT2D eigenvalue weighted by Gasteiger charge is 2.34. The zero-order chi connectivity index (χ0) is 14.6. The van der Waals surface area contributed by atoms with E-state index in [0.29, 0.717) is 0 Å². The summed E-state index contributed by atoms with van der Waals surface area (Å²) in [7, 11) is 0. The van der Waals surface area contributed by atoms with Crippen molar-refractivity contribution >= 4 is 46.4 Å². The predicted molar refractivity (Wildman–Crippen MR) is 81.9 cm³/mol. The van der Waals surface area contributed by atoms with Gasteiger partial charge in [-0.15, -0.1) is 0 Å². The molecule has 0 spiro atoms. The van der Waals surface area contributed by atoms with E-state index in [1.807, 2.05) is 31.2 Å². The van der Waals surface area contributed by atoms with Crippen LogP contribution in [0.2, 0.25) is 0 Å². The monoisotopic (exact) mass is 322 g/mol. The van der Waals surface area contributed by atoms with Crippen molar-refractivity contribution in [2.75, 3.05) is 5.32 Å². The van der Waals surface area contributed by atoms with Crippen LogP contribution in [0.4, 0.5) is 5.69 Å². The van der Waals surface area contributed by atoms with Crippen LogP contribution < -0.4 is 10.6 Å². The average molecular weight is 324 g/mol. The Bertz CT molecular complexity index is 444. The zero-order valence-electron chi connectivity index (χ0n) is 11.0. The van der Waals surface area contributed by atoms with Crippen molar-refractivity contribution in [3.8, 4) is 0 Å². The van der Waals surface area contributed by atoms with Crippen LogP contribution in [0.5, 0.6) is 0 Å². The van der Waals surface area contributed by atoms with E-state index in [1.54, 1.807) is 13.8 Å². The van der Waals surface area contributed by atoms with Gasteiger partial charge in [0.15, 0.2) is 0 Å². The number of anilines is 1. The molecule has 106 valence electrons. The molecule has 0 aliphatic heterocycles. The van der Waals surface area contributed by atoms with Crippen molar-refractivity contribution in [2.24, 2.45) is 5.92 Å². The van der Waals surface area contributed by atoms with Gasteiger partial charge in [-0.1, -0.05) is 60.8 Å². The lowest BCUT2D eigenvalue weighted by Gasteiger charge is -2.28. The quantitative estimate of drug-likeness (QED) is 0.652. The molecule has 1 amide bonds. The van der Waals surface area contributed by atoms with Crippen LogP contribution in [0.15, 0.2) is 24.3 Å². The second-order valence-electron chi connectivity index (χ2n) is 4.65.